The van der Waals surface area contributed by atoms with E-state index >= 15 is 0 Å². The Morgan fingerprint density at radius 2 is 1.26 bits per heavy atom. The van der Waals surface area contributed by atoms with Crippen LogP contribution in [0.5, 0.6) is 17.2 Å². The molecule has 0 heterocycles. The van der Waals surface area contributed by atoms with E-state index in [0.29, 0.717) is 5.56 Å². The zero-order valence-electron chi connectivity index (χ0n) is 16.7. The molecule has 3 aromatic carbocycles. The van der Waals surface area contributed by atoms with E-state index in [9.17, 15) is 27.0 Å². The summed E-state index contributed by atoms with van der Waals surface area (Å²) in [5, 5.41) is 18.7. The minimum atomic E-state index is -3.70. The normalized spacial score (nSPS) is 11.9. The molecule has 0 fully saturated rings. The average molecular weight is 463 g/mol. The number of ether oxygens (including phenoxy) is 1. The second-order valence-electron chi connectivity index (χ2n) is 7.03. The van der Waals surface area contributed by atoms with Crippen molar-refractivity contribution in [1.82, 2.24) is 0 Å². The van der Waals surface area contributed by atoms with Crippen LogP contribution in [0.3, 0.4) is 0 Å². The molecule has 0 spiro atoms. The van der Waals surface area contributed by atoms with Crippen molar-refractivity contribution in [1.29, 1.82) is 0 Å². The fourth-order valence-corrected chi connectivity index (χ4v) is 5.38. The summed E-state index contributed by atoms with van der Waals surface area (Å²) in [7, 11) is -7.33. The number of hydrogen-bond donors (Lipinski definition) is 2. The highest BCUT2D eigenvalue weighted by Gasteiger charge is 2.20. The smallest absolute Gasteiger partial charge is 0.182 e. The van der Waals surface area contributed by atoms with Gasteiger partial charge in [0.15, 0.2) is 19.7 Å². The van der Waals surface area contributed by atoms with Crippen molar-refractivity contribution in [2.45, 2.75) is 22.5 Å². The second kappa shape index (κ2) is 8.99. The van der Waals surface area contributed by atoms with Crippen LogP contribution in [-0.4, -0.2) is 39.4 Å². The van der Waals surface area contributed by atoms with Crippen LogP contribution in [0.25, 0.3) is 0 Å². The Labute approximate surface area is 181 Å². The summed E-state index contributed by atoms with van der Waals surface area (Å²) in [6.45, 7) is 1.65. The largest absolute Gasteiger partial charge is 0.508 e. The number of sulfone groups is 2. The molecule has 9 heteroatoms. The fraction of sp³-hybridized carbons (Fsp3) is 0.182. The third-order valence-electron chi connectivity index (χ3n) is 4.56. The second-order valence-corrected chi connectivity index (χ2v) is 11.1. The molecule has 0 bridgehead atoms. The lowest BCUT2D eigenvalue weighted by atomic mass is 10.1. The van der Waals surface area contributed by atoms with Gasteiger partial charge in [-0.3, -0.25) is 0 Å². The topological polar surface area (TPSA) is 118 Å². The van der Waals surface area contributed by atoms with Gasteiger partial charge in [-0.05, 0) is 61.5 Å². The van der Waals surface area contributed by atoms with E-state index in [1.165, 1.54) is 48.5 Å². The zero-order chi connectivity index (χ0) is 22.6. The van der Waals surface area contributed by atoms with Gasteiger partial charge in [0.25, 0.3) is 0 Å². The van der Waals surface area contributed by atoms with Gasteiger partial charge in [0.2, 0.25) is 0 Å². The van der Waals surface area contributed by atoms with Crippen LogP contribution in [0.4, 0.5) is 0 Å². The Balaban J connectivity index is 1.75. The Morgan fingerprint density at radius 3 is 1.81 bits per heavy atom. The Kier molecular flexibility index (Phi) is 6.56. The summed E-state index contributed by atoms with van der Waals surface area (Å²) in [5.41, 5.74) is 1.25. The molecule has 0 amide bonds. The van der Waals surface area contributed by atoms with Gasteiger partial charge in [-0.1, -0.05) is 17.7 Å². The van der Waals surface area contributed by atoms with E-state index in [2.05, 4.69) is 0 Å². The molecule has 7 nitrogen and oxygen atoms in total. The Hall–Kier alpha value is -3.04. The van der Waals surface area contributed by atoms with Crippen molar-refractivity contribution in [2.24, 2.45) is 0 Å². The molecule has 164 valence electrons. The van der Waals surface area contributed by atoms with Crippen LogP contribution < -0.4 is 4.74 Å². The number of aromatic hydroxyl groups is 2. The first-order valence-corrected chi connectivity index (χ1v) is 12.6. The first-order chi connectivity index (χ1) is 14.6. The highest BCUT2D eigenvalue weighted by Crippen LogP contribution is 2.26. The van der Waals surface area contributed by atoms with Crippen LogP contribution >= 0.6 is 0 Å². The maximum atomic E-state index is 12.8. The fourth-order valence-electron chi connectivity index (χ4n) is 2.94. The number of rotatable bonds is 8. The third-order valence-corrected chi connectivity index (χ3v) is 7.94. The van der Waals surface area contributed by atoms with Gasteiger partial charge >= 0.3 is 0 Å². The van der Waals surface area contributed by atoms with Gasteiger partial charge in [0, 0.05) is 5.56 Å². The van der Waals surface area contributed by atoms with Gasteiger partial charge in [-0.25, -0.2) is 16.8 Å². The van der Waals surface area contributed by atoms with Gasteiger partial charge in [-0.2, -0.15) is 0 Å². The monoisotopic (exact) mass is 462 g/mol. The molecule has 3 rings (SSSR count). The van der Waals surface area contributed by atoms with Crippen LogP contribution in [0.2, 0.25) is 0 Å². The number of phenolic OH excluding ortho intramolecular Hbond substituents is 2. The molecule has 0 unspecified atom stereocenters. The van der Waals surface area contributed by atoms with Crippen LogP contribution in [0, 0.1) is 6.92 Å². The van der Waals surface area contributed by atoms with Crippen molar-refractivity contribution in [3.8, 4) is 17.2 Å². The SMILES string of the molecule is Cc1ccc(OCCS(=O)(=O)c2ccc(O)cc2)c(CS(=O)(=O)c2ccc(O)cc2)c1. The van der Waals surface area contributed by atoms with Crippen LogP contribution in [0.1, 0.15) is 11.1 Å². The van der Waals surface area contributed by atoms with Crippen molar-refractivity contribution in [3.05, 3.63) is 77.9 Å². The van der Waals surface area contributed by atoms with Crippen LogP contribution in [-0.2, 0) is 25.4 Å². The minimum absolute atomic E-state index is 0.0330. The lowest BCUT2D eigenvalue weighted by molar-refractivity contribution is 0.338. The highest BCUT2D eigenvalue weighted by molar-refractivity contribution is 7.91. The Bertz CT molecular complexity index is 1260. The summed E-state index contributed by atoms with van der Waals surface area (Å²) in [6.07, 6.45) is 0. The summed E-state index contributed by atoms with van der Waals surface area (Å²) < 4.78 is 56.1. The summed E-state index contributed by atoms with van der Waals surface area (Å²) in [6, 6.07) is 15.5. The molecular formula is C22H22O7S2. The van der Waals surface area contributed by atoms with Gasteiger partial charge in [0.1, 0.15) is 23.9 Å². The maximum absolute atomic E-state index is 12.8. The number of hydrogen-bond acceptors (Lipinski definition) is 7. The van der Waals surface area contributed by atoms with Gasteiger partial charge in [0.05, 0.1) is 21.3 Å². The van der Waals surface area contributed by atoms with Gasteiger partial charge < -0.3 is 14.9 Å². The molecule has 0 saturated carbocycles. The summed E-state index contributed by atoms with van der Waals surface area (Å²) >= 11 is 0. The molecule has 0 atom stereocenters. The average Bonchev–Trinajstić information content (AvgIpc) is 2.70. The molecule has 3 aromatic rings. The lowest BCUT2D eigenvalue weighted by Crippen LogP contribution is -2.15. The molecule has 0 saturated heterocycles. The molecule has 0 aliphatic heterocycles. The van der Waals surface area contributed by atoms with E-state index < -0.39 is 19.7 Å². The van der Waals surface area contributed by atoms with E-state index in [0.717, 1.165) is 5.56 Å². The Morgan fingerprint density at radius 1 is 0.742 bits per heavy atom. The van der Waals surface area contributed by atoms with Crippen molar-refractivity contribution in [2.75, 3.05) is 12.4 Å². The summed E-state index contributed by atoms with van der Waals surface area (Å²) in [5.74, 6) is -0.425. The highest BCUT2D eigenvalue weighted by atomic mass is 32.2. The molecular weight excluding hydrogens is 440 g/mol. The van der Waals surface area contributed by atoms with Crippen molar-refractivity contribution < 1.29 is 31.8 Å². The standard InChI is InChI=1S/C22H22O7S2/c1-16-2-11-22(29-12-13-30(25,26)20-7-3-18(23)4-8-20)17(14-16)15-31(27,28)21-9-5-19(24)6-10-21/h2-11,14,23-24H,12-13,15H2,1H3. The molecule has 31 heavy (non-hydrogen) atoms. The van der Waals surface area contributed by atoms with Crippen molar-refractivity contribution >= 4 is 19.7 Å². The first-order valence-electron chi connectivity index (χ1n) is 9.33. The number of phenols is 2. The van der Waals surface area contributed by atoms with E-state index in [1.54, 1.807) is 18.2 Å². The predicted molar refractivity (Wildman–Crippen MR) is 116 cm³/mol. The van der Waals surface area contributed by atoms with Gasteiger partial charge in [-0.15, -0.1) is 0 Å². The van der Waals surface area contributed by atoms with Crippen molar-refractivity contribution in [3.63, 3.8) is 0 Å². The predicted octanol–water partition coefficient (Wildman–Crippen LogP) is 3.23. The van der Waals surface area contributed by atoms with E-state index in [1.807, 2.05) is 6.92 Å². The minimum Gasteiger partial charge on any atom is -0.508 e. The molecule has 0 aliphatic rings. The maximum Gasteiger partial charge on any atom is 0.182 e. The van der Waals surface area contributed by atoms with E-state index in [-0.39, 0.29) is 45.2 Å². The molecule has 0 aromatic heterocycles. The number of aryl methyl sites for hydroxylation is 1. The number of benzene rings is 3. The van der Waals surface area contributed by atoms with E-state index in [4.69, 9.17) is 4.74 Å². The van der Waals surface area contributed by atoms with Crippen LogP contribution in [0.15, 0.2) is 76.5 Å². The quantitative estimate of drug-likeness (QED) is 0.528. The molecule has 2 N–H and O–H groups in total. The zero-order valence-corrected chi connectivity index (χ0v) is 18.4. The molecule has 0 aliphatic carbocycles. The lowest BCUT2D eigenvalue weighted by Gasteiger charge is -2.13. The third kappa shape index (κ3) is 5.77. The first kappa shape index (κ1) is 22.6. The molecule has 0 radical (unpaired) electrons. The summed E-state index contributed by atoms with van der Waals surface area (Å²) in [4.78, 5) is 0.126.